The van der Waals surface area contributed by atoms with E-state index >= 15 is 0 Å². The molecule has 0 aromatic rings. The van der Waals surface area contributed by atoms with Gasteiger partial charge in [-0.3, -0.25) is 14.4 Å². The van der Waals surface area contributed by atoms with E-state index < -0.39 is 42.1 Å². The van der Waals surface area contributed by atoms with Crippen LogP contribution in [0.3, 0.4) is 0 Å². The average molecular weight is 367 g/mol. The van der Waals surface area contributed by atoms with Crippen molar-refractivity contribution in [3.8, 4) is 0 Å². The zero-order valence-corrected chi connectivity index (χ0v) is 15.4. The minimum atomic E-state index is -1.18. The summed E-state index contributed by atoms with van der Waals surface area (Å²) in [4.78, 5) is 30.0. The molecular formula is C15H33N3O7. The molecule has 0 aliphatic heterocycles. The number of carboxylic acids is 3. The van der Waals surface area contributed by atoms with Crippen molar-refractivity contribution < 1.29 is 34.8 Å². The smallest absolute Gasteiger partial charge is 0.323 e. The van der Waals surface area contributed by atoms with E-state index in [-0.39, 0.29) is 11.8 Å². The molecule has 0 saturated carbocycles. The summed E-state index contributed by atoms with van der Waals surface area (Å²) in [6.07, 6.45) is -0.166. The first-order valence-electron chi connectivity index (χ1n) is 7.83. The Hall–Kier alpha value is -1.75. The maximum Gasteiger partial charge on any atom is 0.323 e. The number of nitrogens with two attached hydrogens (primary N) is 3. The van der Waals surface area contributed by atoms with Crippen LogP contribution in [0.1, 0.15) is 41.0 Å². The summed E-state index contributed by atoms with van der Waals surface area (Å²) >= 11 is 0. The van der Waals surface area contributed by atoms with Crippen LogP contribution in [-0.4, -0.2) is 62.6 Å². The number of hydrogen-bond donors (Lipinski definition) is 7. The fourth-order valence-electron chi connectivity index (χ4n) is 0.989. The second-order valence-electron chi connectivity index (χ2n) is 5.96. The van der Waals surface area contributed by atoms with Gasteiger partial charge in [0.2, 0.25) is 0 Å². The minimum Gasteiger partial charge on any atom is -0.480 e. The van der Waals surface area contributed by atoms with Gasteiger partial charge in [-0.1, -0.05) is 34.1 Å². The normalized spacial score (nSPS) is 16.1. The Morgan fingerprint density at radius 1 is 0.760 bits per heavy atom. The number of rotatable bonds is 7. The maximum atomic E-state index is 10.2. The Morgan fingerprint density at radius 3 is 1.12 bits per heavy atom. The van der Waals surface area contributed by atoms with Gasteiger partial charge in [-0.2, -0.15) is 0 Å². The van der Waals surface area contributed by atoms with Gasteiger partial charge >= 0.3 is 17.9 Å². The summed E-state index contributed by atoms with van der Waals surface area (Å²) in [7, 11) is 0. The van der Waals surface area contributed by atoms with Gasteiger partial charge in [0.1, 0.15) is 18.1 Å². The monoisotopic (exact) mass is 367 g/mol. The predicted octanol–water partition coefficient (Wildman–Crippen LogP) is -0.722. The van der Waals surface area contributed by atoms with Crippen LogP contribution in [0.2, 0.25) is 0 Å². The molecule has 0 aromatic heterocycles. The third-order valence-corrected chi connectivity index (χ3v) is 3.35. The summed E-state index contributed by atoms with van der Waals surface area (Å²) in [6.45, 7) is 8.64. The van der Waals surface area contributed by atoms with Crippen LogP contribution in [0.4, 0.5) is 0 Å². The molecule has 25 heavy (non-hydrogen) atoms. The Labute approximate surface area is 148 Å². The van der Waals surface area contributed by atoms with Gasteiger partial charge in [0.15, 0.2) is 0 Å². The van der Waals surface area contributed by atoms with Gasteiger partial charge in [0.25, 0.3) is 0 Å². The minimum absolute atomic E-state index is 0.0208. The van der Waals surface area contributed by atoms with Crippen molar-refractivity contribution in [2.24, 2.45) is 29.0 Å². The fourth-order valence-corrected chi connectivity index (χ4v) is 0.989. The van der Waals surface area contributed by atoms with E-state index in [0.29, 0.717) is 0 Å². The summed E-state index contributed by atoms with van der Waals surface area (Å²) in [5.41, 5.74) is 15.3. The van der Waals surface area contributed by atoms with E-state index in [1.807, 2.05) is 13.8 Å². The molecule has 0 heterocycles. The number of carboxylic acid groups (broad SMARTS) is 3. The van der Waals surface area contributed by atoms with Crippen molar-refractivity contribution in [3.63, 3.8) is 0 Å². The van der Waals surface area contributed by atoms with E-state index in [4.69, 9.17) is 37.6 Å². The molecule has 0 bridgehead atoms. The summed E-state index contributed by atoms with van der Waals surface area (Å²) in [5, 5.41) is 33.1. The van der Waals surface area contributed by atoms with Gasteiger partial charge in [-0.15, -0.1) is 0 Å². The molecule has 0 fully saturated rings. The molecule has 0 spiro atoms. The molecule has 0 aliphatic carbocycles. The second kappa shape index (κ2) is 14.6. The van der Waals surface area contributed by atoms with Gasteiger partial charge in [0, 0.05) is 0 Å². The van der Waals surface area contributed by atoms with Crippen molar-refractivity contribution in [2.45, 2.75) is 65.3 Å². The number of aliphatic hydroxyl groups is 1. The lowest BCUT2D eigenvalue weighted by Crippen LogP contribution is -2.39. The Balaban J connectivity index is -0.000000291. The van der Waals surface area contributed by atoms with Gasteiger partial charge < -0.3 is 37.6 Å². The molecule has 10 N–H and O–H groups in total. The summed E-state index contributed by atoms with van der Waals surface area (Å²) in [6, 6.07) is -2.57. The third-order valence-electron chi connectivity index (χ3n) is 3.35. The highest BCUT2D eigenvalue weighted by Gasteiger charge is 2.17. The van der Waals surface area contributed by atoms with Crippen molar-refractivity contribution >= 4 is 17.9 Å². The number of aliphatic hydroxyl groups excluding tert-OH is 1. The third kappa shape index (κ3) is 15.5. The molecule has 0 aliphatic rings. The lowest BCUT2D eigenvalue weighted by Gasteiger charge is -2.11. The second-order valence-corrected chi connectivity index (χ2v) is 5.96. The van der Waals surface area contributed by atoms with Crippen molar-refractivity contribution in [2.75, 3.05) is 0 Å². The zero-order valence-electron chi connectivity index (χ0n) is 15.4. The zero-order chi connectivity index (χ0) is 20.9. The van der Waals surface area contributed by atoms with Crippen LogP contribution in [0.15, 0.2) is 0 Å². The van der Waals surface area contributed by atoms with E-state index in [1.54, 1.807) is 13.8 Å². The molecule has 0 amide bonds. The fraction of sp³-hybridized carbons (Fsp3) is 0.800. The molecule has 5 atom stereocenters. The van der Waals surface area contributed by atoms with Crippen molar-refractivity contribution in [1.29, 1.82) is 0 Å². The van der Waals surface area contributed by atoms with Gasteiger partial charge in [-0.25, -0.2) is 0 Å². The molecule has 0 aromatic carbocycles. The number of aliphatic carboxylic acids is 3. The molecule has 0 rings (SSSR count). The first-order valence-corrected chi connectivity index (χ1v) is 7.83. The molecule has 0 radical (unpaired) electrons. The molecular weight excluding hydrogens is 334 g/mol. The van der Waals surface area contributed by atoms with E-state index in [9.17, 15) is 14.4 Å². The first kappa shape index (κ1) is 28.1. The summed E-state index contributed by atoms with van der Waals surface area (Å²) < 4.78 is 0. The quantitative estimate of drug-likeness (QED) is 0.300. The van der Waals surface area contributed by atoms with E-state index in [2.05, 4.69) is 0 Å². The highest BCUT2D eigenvalue weighted by molar-refractivity contribution is 5.74. The Kier molecular flexibility index (Phi) is 16.4. The highest BCUT2D eigenvalue weighted by atomic mass is 16.4. The van der Waals surface area contributed by atoms with Crippen LogP contribution in [0, 0.1) is 11.8 Å². The van der Waals surface area contributed by atoms with Crippen LogP contribution in [0.25, 0.3) is 0 Å². The first-order chi connectivity index (χ1) is 11.2. The molecule has 5 unspecified atom stereocenters. The van der Waals surface area contributed by atoms with Crippen molar-refractivity contribution in [1.82, 2.24) is 0 Å². The van der Waals surface area contributed by atoms with E-state index in [1.165, 1.54) is 6.92 Å². The largest absolute Gasteiger partial charge is 0.480 e. The van der Waals surface area contributed by atoms with Gasteiger partial charge in [-0.05, 0) is 18.8 Å². The SMILES string of the molecule is CC(C)C(N)C(=O)O.CC(O)C(N)C(=O)O.CCC(C)C(N)C(=O)O. The van der Waals surface area contributed by atoms with E-state index in [0.717, 1.165) is 6.42 Å². The Morgan fingerprint density at radius 2 is 1.08 bits per heavy atom. The molecule has 10 heteroatoms. The maximum absolute atomic E-state index is 10.2. The number of carbonyl (C=O) groups is 3. The lowest BCUT2D eigenvalue weighted by molar-refractivity contribution is -0.141. The lowest BCUT2D eigenvalue weighted by atomic mass is 10.0. The summed E-state index contributed by atoms with van der Waals surface area (Å²) in [5.74, 6) is -2.93. The van der Waals surface area contributed by atoms with Gasteiger partial charge in [0.05, 0.1) is 6.10 Å². The number of hydrogen-bond acceptors (Lipinski definition) is 7. The average Bonchev–Trinajstić information content (AvgIpc) is 2.52. The van der Waals surface area contributed by atoms with Crippen molar-refractivity contribution in [3.05, 3.63) is 0 Å². The predicted molar refractivity (Wildman–Crippen MR) is 92.8 cm³/mol. The molecule has 150 valence electrons. The van der Waals surface area contributed by atoms with Crippen LogP contribution in [0.5, 0.6) is 0 Å². The highest BCUT2D eigenvalue weighted by Crippen LogP contribution is 2.04. The van der Waals surface area contributed by atoms with Crippen LogP contribution < -0.4 is 17.2 Å². The molecule has 0 saturated heterocycles. The molecule has 10 nitrogen and oxygen atoms in total. The van der Waals surface area contributed by atoms with Crippen LogP contribution in [-0.2, 0) is 14.4 Å². The Bertz CT molecular complexity index is 379. The van der Waals surface area contributed by atoms with Crippen LogP contribution >= 0.6 is 0 Å². The standard InChI is InChI=1S/C6H13NO2.C5H11NO2.C4H9NO3/c1-3-4(2)5(7)6(8)9;1-3(2)4(6)5(7)8;1-2(6)3(5)4(7)8/h4-5H,3,7H2,1-2H3,(H,8,9);3-4H,6H2,1-2H3,(H,7,8);2-3,6H,5H2,1H3,(H,7,8). The topological polar surface area (TPSA) is 210 Å².